The van der Waals surface area contributed by atoms with Gasteiger partial charge in [0.2, 0.25) is 0 Å². The molecule has 0 fully saturated rings. The summed E-state index contributed by atoms with van der Waals surface area (Å²) in [6.07, 6.45) is 0. The molecule has 0 N–H and O–H groups in total. The first kappa shape index (κ1) is 28.9. The Balaban J connectivity index is 1.11. The van der Waals surface area contributed by atoms with Crippen LogP contribution >= 0.6 is 0 Å². The van der Waals surface area contributed by atoms with Crippen LogP contribution in [0.25, 0.3) is 110 Å². The second-order valence-electron chi connectivity index (χ2n) is 13.7. The normalized spacial score (nSPS) is 11.8. The lowest BCUT2D eigenvalue weighted by Crippen LogP contribution is -1.96. The summed E-state index contributed by atoms with van der Waals surface area (Å²) >= 11 is 0. The molecule has 2 heteroatoms. The minimum absolute atomic E-state index is 0.714. The molecule has 2 nitrogen and oxygen atoms in total. The molecule has 0 radical (unpaired) electrons. The molecule has 1 aliphatic rings. The Hall–Kier alpha value is -6.90. The Kier molecular flexibility index (Phi) is 6.28. The first-order valence-electron chi connectivity index (χ1n) is 17.8. The zero-order chi connectivity index (χ0) is 34.2. The Labute approximate surface area is 301 Å². The van der Waals surface area contributed by atoms with E-state index in [9.17, 15) is 0 Å². The monoisotopic (exact) mass is 658 g/mol. The summed E-state index contributed by atoms with van der Waals surface area (Å²) in [5.74, 6) is 0.714. The van der Waals surface area contributed by atoms with Crippen molar-refractivity contribution in [3.8, 4) is 67.3 Å². The highest BCUT2D eigenvalue weighted by atomic mass is 14.9. The Morgan fingerprint density at radius 3 is 1.75 bits per heavy atom. The molecular weight excluding hydrogens is 629 g/mol. The van der Waals surface area contributed by atoms with Gasteiger partial charge in [0, 0.05) is 16.7 Å². The Morgan fingerprint density at radius 1 is 0.288 bits per heavy atom. The highest BCUT2D eigenvalue weighted by Gasteiger charge is 2.22. The molecule has 0 saturated heterocycles. The highest BCUT2D eigenvalue weighted by Crippen LogP contribution is 2.48. The van der Waals surface area contributed by atoms with E-state index >= 15 is 0 Å². The van der Waals surface area contributed by atoms with Gasteiger partial charge in [0.05, 0.1) is 11.4 Å². The van der Waals surface area contributed by atoms with E-state index < -0.39 is 0 Å². The average Bonchev–Trinajstić information content (AvgIpc) is 3.54. The number of benzene rings is 9. The molecule has 0 unspecified atom stereocenters. The van der Waals surface area contributed by atoms with Gasteiger partial charge in [-0.2, -0.15) is 0 Å². The minimum atomic E-state index is 0.714. The molecule has 11 rings (SSSR count). The van der Waals surface area contributed by atoms with Crippen LogP contribution in [0.1, 0.15) is 0 Å². The fourth-order valence-corrected chi connectivity index (χ4v) is 8.38. The molecule has 240 valence electrons. The fourth-order valence-electron chi connectivity index (χ4n) is 8.38. The van der Waals surface area contributed by atoms with Crippen molar-refractivity contribution in [2.24, 2.45) is 0 Å². The van der Waals surface area contributed by atoms with Crippen molar-refractivity contribution >= 4 is 43.1 Å². The third-order valence-corrected chi connectivity index (χ3v) is 10.8. The second kappa shape index (κ2) is 11.3. The quantitative estimate of drug-likeness (QED) is 0.139. The molecule has 1 aliphatic carbocycles. The summed E-state index contributed by atoms with van der Waals surface area (Å²) in [5.41, 5.74) is 12.4. The lowest BCUT2D eigenvalue weighted by Gasteiger charge is -2.15. The number of fused-ring (bicyclic) bond motifs is 7. The molecule has 1 aromatic heterocycles. The first-order chi connectivity index (χ1) is 25.8. The van der Waals surface area contributed by atoms with Gasteiger partial charge in [-0.25, -0.2) is 9.97 Å². The predicted molar refractivity (Wildman–Crippen MR) is 218 cm³/mol. The molecule has 0 spiro atoms. The highest BCUT2D eigenvalue weighted by molar-refractivity contribution is 6.20. The first-order valence-corrected chi connectivity index (χ1v) is 17.8. The van der Waals surface area contributed by atoms with E-state index in [-0.39, 0.29) is 0 Å². The van der Waals surface area contributed by atoms with Crippen molar-refractivity contribution in [1.29, 1.82) is 0 Å². The van der Waals surface area contributed by atoms with Crippen LogP contribution in [-0.2, 0) is 0 Å². The van der Waals surface area contributed by atoms with Gasteiger partial charge in [0.15, 0.2) is 5.82 Å². The lowest BCUT2D eigenvalue weighted by molar-refractivity contribution is 1.18. The predicted octanol–water partition coefficient (Wildman–Crippen LogP) is 13.4. The largest absolute Gasteiger partial charge is 0.228 e. The Bertz CT molecular complexity index is 3060. The van der Waals surface area contributed by atoms with Crippen molar-refractivity contribution in [2.45, 2.75) is 0 Å². The van der Waals surface area contributed by atoms with E-state index in [1.807, 2.05) is 18.2 Å². The maximum absolute atomic E-state index is 5.22. The standard InChI is InChI=1S/C50H30N2/c1-2-12-33(13-3-1)50-51-46(30-47(52-50)36-24-25-40-41-21-9-15-32-16-10-22-42(48(32)41)45(40)29-36)35-17-8-18-37(27-35)49-39-20-7-5-14-34(39)28-44-38-19-6-4-11-31(38)23-26-43(44)49/h1-30H. The van der Waals surface area contributed by atoms with Crippen LogP contribution in [0.3, 0.4) is 0 Å². The van der Waals surface area contributed by atoms with Gasteiger partial charge < -0.3 is 0 Å². The van der Waals surface area contributed by atoms with E-state index in [4.69, 9.17) is 9.97 Å². The molecule has 0 aliphatic heterocycles. The van der Waals surface area contributed by atoms with Crippen LogP contribution in [0.5, 0.6) is 0 Å². The summed E-state index contributed by atoms with van der Waals surface area (Å²) in [4.78, 5) is 10.4. The van der Waals surface area contributed by atoms with Crippen LogP contribution in [0, 0.1) is 0 Å². The minimum Gasteiger partial charge on any atom is -0.228 e. The zero-order valence-corrected chi connectivity index (χ0v) is 28.2. The number of hydrogen-bond acceptors (Lipinski definition) is 2. The van der Waals surface area contributed by atoms with Crippen molar-refractivity contribution in [3.05, 3.63) is 182 Å². The smallest absolute Gasteiger partial charge is 0.160 e. The number of nitrogens with zero attached hydrogens (tertiary/aromatic N) is 2. The van der Waals surface area contributed by atoms with Gasteiger partial charge in [-0.05, 0) is 101 Å². The van der Waals surface area contributed by atoms with Gasteiger partial charge >= 0.3 is 0 Å². The maximum Gasteiger partial charge on any atom is 0.160 e. The topological polar surface area (TPSA) is 25.8 Å². The lowest BCUT2D eigenvalue weighted by atomic mass is 9.89. The van der Waals surface area contributed by atoms with Crippen LogP contribution < -0.4 is 0 Å². The second-order valence-corrected chi connectivity index (χ2v) is 13.7. The van der Waals surface area contributed by atoms with Gasteiger partial charge in [-0.1, -0.05) is 158 Å². The number of aromatic nitrogens is 2. The molecule has 1 heterocycles. The summed E-state index contributed by atoms with van der Waals surface area (Å²) in [5, 5.41) is 10.1. The molecule has 0 bridgehead atoms. The van der Waals surface area contributed by atoms with Crippen molar-refractivity contribution in [2.75, 3.05) is 0 Å². The van der Waals surface area contributed by atoms with Gasteiger partial charge in [0.1, 0.15) is 0 Å². The van der Waals surface area contributed by atoms with E-state index in [0.29, 0.717) is 5.82 Å². The SMILES string of the molecule is c1ccc(-c2nc(-c3cccc(-c4c5ccccc5cc5c4ccc4ccccc45)c3)cc(-c3ccc4c(c3)-c3cccc5cccc-4c35)n2)cc1. The summed E-state index contributed by atoms with van der Waals surface area (Å²) in [6, 6.07) is 65.6. The van der Waals surface area contributed by atoms with E-state index in [2.05, 4.69) is 164 Å². The van der Waals surface area contributed by atoms with Crippen LogP contribution in [0.15, 0.2) is 182 Å². The third-order valence-electron chi connectivity index (χ3n) is 10.8. The van der Waals surface area contributed by atoms with Gasteiger partial charge in [-0.3, -0.25) is 0 Å². The number of rotatable bonds is 4. The Morgan fingerprint density at radius 2 is 0.923 bits per heavy atom. The fraction of sp³-hybridized carbons (Fsp3) is 0. The molecule has 0 saturated carbocycles. The average molecular weight is 659 g/mol. The molecule has 10 aromatic rings. The van der Waals surface area contributed by atoms with E-state index in [1.54, 1.807) is 0 Å². The maximum atomic E-state index is 5.22. The summed E-state index contributed by atoms with van der Waals surface area (Å²) in [7, 11) is 0. The van der Waals surface area contributed by atoms with E-state index in [0.717, 1.165) is 28.1 Å². The van der Waals surface area contributed by atoms with Crippen molar-refractivity contribution in [3.63, 3.8) is 0 Å². The van der Waals surface area contributed by atoms with Gasteiger partial charge in [-0.15, -0.1) is 0 Å². The van der Waals surface area contributed by atoms with Crippen molar-refractivity contribution in [1.82, 2.24) is 9.97 Å². The summed E-state index contributed by atoms with van der Waals surface area (Å²) in [6.45, 7) is 0. The third kappa shape index (κ3) is 4.44. The molecule has 0 atom stereocenters. The number of hydrogen-bond donors (Lipinski definition) is 0. The molecule has 0 amide bonds. The molecule has 9 aromatic carbocycles. The molecule has 52 heavy (non-hydrogen) atoms. The van der Waals surface area contributed by atoms with Crippen LogP contribution in [-0.4, -0.2) is 9.97 Å². The summed E-state index contributed by atoms with van der Waals surface area (Å²) < 4.78 is 0. The van der Waals surface area contributed by atoms with Crippen LogP contribution in [0.2, 0.25) is 0 Å². The van der Waals surface area contributed by atoms with Crippen LogP contribution in [0.4, 0.5) is 0 Å². The van der Waals surface area contributed by atoms with Gasteiger partial charge in [0.25, 0.3) is 0 Å². The van der Waals surface area contributed by atoms with E-state index in [1.165, 1.54) is 76.5 Å². The molecular formula is C50H30N2. The van der Waals surface area contributed by atoms with Crippen molar-refractivity contribution < 1.29 is 0 Å². The zero-order valence-electron chi connectivity index (χ0n) is 28.2.